The molecule has 0 aliphatic heterocycles. The summed E-state index contributed by atoms with van der Waals surface area (Å²) in [4.78, 5) is 21.1. The zero-order valence-electron chi connectivity index (χ0n) is 8.74. The number of aliphatic carboxylic acids is 1. The molecule has 0 fully saturated rings. The molecule has 0 saturated heterocycles. The van der Waals surface area contributed by atoms with E-state index in [9.17, 15) is 9.59 Å². The number of hydrogen-bond donors (Lipinski definition) is 2. The Hall–Kier alpha value is -1.10. The number of amides is 1. The van der Waals surface area contributed by atoms with Gasteiger partial charge in [0.1, 0.15) is 0 Å². The number of carboxylic acid groups (broad SMARTS) is 1. The zero-order chi connectivity index (χ0) is 11.1. The van der Waals surface area contributed by atoms with Crippen molar-refractivity contribution in [2.24, 2.45) is 0 Å². The smallest absolute Gasteiger partial charge is 0.332 e. The standard InChI is InChI=1S/C9H17NO4/c1-4-8(10-7(3)11)5-14-6(2)9(12)13/h6,8H,4-5H2,1-3H3,(H,10,11)(H,12,13). The highest BCUT2D eigenvalue weighted by molar-refractivity contribution is 5.73. The van der Waals surface area contributed by atoms with E-state index >= 15 is 0 Å². The van der Waals surface area contributed by atoms with Crippen LogP contribution in [0.1, 0.15) is 27.2 Å². The highest BCUT2D eigenvalue weighted by Crippen LogP contribution is 1.97. The fraction of sp³-hybridized carbons (Fsp3) is 0.778. The molecule has 2 N–H and O–H groups in total. The third kappa shape index (κ3) is 5.53. The number of rotatable bonds is 6. The molecular weight excluding hydrogens is 186 g/mol. The summed E-state index contributed by atoms with van der Waals surface area (Å²) in [5, 5.41) is 11.2. The number of ether oxygens (including phenoxy) is 1. The molecule has 0 aliphatic carbocycles. The predicted molar refractivity (Wildman–Crippen MR) is 50.9 cm³/mol. The Bertz CT molecular complexity index is 205. The first kappa shape index (κ1) is 12.9. The summed E-state index contributed by atoms with van der Waals surface area (Å²) in [6.45, 7) is 5.01. The lowest BCUT2D eigenvalue weighted by Crippen LogP contribution is -2.38. The Morgan fingerprint density at radius 3 is 2.43 bits per heavy atom. The lowest BCUT2D eigenvalue weighted by molar-refractivity contribution is -0.149. The summed E-state index contributed by atoms with van der Waals surface area (Å²) in [6, 6.07) is -0.116. The minimum atomic E-state index is -0.998. The second kappa shape index (κ2) is 6.37. The Balaban J connectivity index is 3.83. The van der Waals surface area contributed by atoms with Crippen molar-refractivity contribution in [3.63, 3.8) is 0 Å². The summed E-state index contributed by atoms with van der Waals surface area (Å²) in [5.41, 5.74) is 0. The maximum Gasteiger partial charge on any atom is 0.332 e. The van der Waals surface area contributed by atoms with Gasteiger partial charge in [0.2, 0.25) is 5.91 Å². The summed E-state index contributed by atoms with van der Waals surface area (Å²) >= 11 is 0. The van der Waals surface area contributed by atoms with Crippen LogP contribution in [-0.4, -0.2) is 35.7 Å². The average molecular weight is 203 g/mol. The molecule has 0 aromatic carbocycles. The van der Waals surface area contributed by atoms with E-state index < -0.39 is 12.1 Å². The minimum Gasteiger partial charge on any atom is -0.479 e. The van der Waals surface area contributed by atoms with Gasteiger partial charge in [0.25, 0.3) is 0 Å². The Morgan fingerprint density at radius 1 is 1.50 bits per heavy atom. The van der Waals surface area contributed by atoms with Gasteiger partial charge in [0.05, 0.1) is 12.6 Å². The van der Waals surface area contributed by atoms with Gasteiger partial charge in [0.15, 0.2) is 6.10 Å². The first-order chi connectivity index (χ1) is 6.47. The fourth-order valence-corrected chi connectivity index (χ4v) is 0.881. The van der Waals surface area contributed by atoms with Crippen LogP contribution in [0.15, 0.2) is 0 Å². The van der Waals surface area contributed by atoms with E-state index in [0.29, 0.717) is 6.42 Å². The lowest BCUT2D eigenvalue weighted by atomic mass is 10.2. The molecular formula is C9H17NO4. The highest BCUT2D eigenvalue weighted by atomic mass is 16.5. The molecule has 0 radical (unpaired) electrons. The van der Waals surface area contributed by atoms with Gasteiger partial charge in [-0.1, -0.05) is 6.92 Å². The van der Waals surface area contributed by atoms with E-state index in [1.54, 1.807) is 0 Å². The van der Waals surface area contributed by atoms with Crippen LogP contribution in [-0.2, 0) is 14.3 Å². The van der Waals surface area contributed by atoms with Crippen molar-refractivity contribution in [3.05, 3.63) is 0 Å². The van der Waals surface area contributed by atoms with Crippen molar-refractivity contribution < 1.29 is 19.4 Å². The SMILES string of the molecule is CCC(COC(C)C(=O)O)NC(C)=O. The van der Waals surface area contributed by atoms with E-state index in [1.165, 1.54) is 13.8 Å². The number of carbonyl (C=O) groups is 2. The van der Waals surface area contributed by atoms with Gasteiger partial charge in [-0.05, 0) is 13.3 Å². The average Bonchev–Trinajstić information content (AvgIpc) is 2.10. The van der Waals surface area contributed by atoms with Gasteiger partial charge in [-0.15, -0.1) is 0 Å². The molecule has 0 heterocycles. The molecule has 0 spiro atoms. The van der Waals surface area contributed by atoms with Gasteiger partial charge in [0, 0.05) is 6.92 Å². The highest BCUT2D eigenvalue weighted by Gasteiger charge is 2.14. The van der Waals surface area contributed by atoms with Crippen molar-refractivity contribution in [1.29, 1.82) is 0 Å². The molecule has 0 saturated carbocycles. The maximum absolute atomic E-state index is 10.7. The summed E-state index contributed by atoms with van der Waals surface area (Å²) in [5.74, 6) is -1.13. The molecule has 0 aliphatic rings. The molecule has 0 aromatic rings. The van der Waals surface area contributed by atoms with Crippen LogP contribution < -0.4 is 5.32 Å². The summed E-state index contributed by atoms with van der Waals surface area (Å²) in [6.07, 6.45) is -0.121. The van der Waals surface area contributed by atoms with E-state index in [-0.39, 0.29) is 18.6 Å². The quantitative estimate of drug-likeness (QED) is 0.654. The van der Waals surface area contributed by atoms with Crippen LogP contribution in [0.5, 0.6) is 0 Å². The van der Waals surface area contributed by atoms with Gasteiger partial charge in [-0.3, -0.25) is 4.79 Å². The van der Waals surface area contributed by atoms with Gasteiger partial charge < -0.3 is 15.2 Å². The van der Waals surface area contributed by atoms with E-state index in [0.717, 1.165) is 0 Å². The molecule has 5 nitrogen and oxygen atoms in total. The molecule has 2 unspecified atom stereocenters. The van der Waals surface area contributed by atoms with Crippen molar-refractivity contribution in [2.75, 3.05) is 6.61 Å². The van der Waals surface area contributed by atoms with Crippen molar-refractivity contribution in [2.45, 2.75) is 39.3 Å². The Labute approximate surface area is 83.4 Å². The Kier molecular flexibility index (Phi) is 5.87. The van der Waals surface area contributed by atoms with Crippen LogP contribution in [0.2, 0.25) is 0 Å². The van der Waals surface area contributed by atoms with Crippen molar-refractivity contribution in [1.82, 2.24) is 5.32 Å². The normalized spacial score (nSPS) is 14.5. The first-order valence-corrected chi connectivity index (χ1v) is 4.58. The van der Waals surface area contributed by atoms with Crippen LogP contribution in [0, 0.1) is 0 Å². The van der Waals surface area contributed by atoms with Crippen molar-refractivity contribution >= 4 is 11.9 Å². The zero-order valence-corrected chi connectivity index (χ0v) is 8.74. The largest absolute Gasteiger partial charge is 0.479 e. The second-order valence-corrected chi connectivity index (χ2v) is 3.12. The topological polar surface area (TPSA) is 75.6 Å². The molecule has 0 rings (SSSR count). The molecule has 1 amide bonds. The molecule has 14 heavy (non-hydrogen) atoms. The number of carboxylic acids is 1. The van der Waals surface area contributed by atoms with Crippen LogP contribution in [0.4, 0.5) is 0 Å². The third-order valence-corrected chi connectivity index (χ3v) is 1.80. The number of nitrogens with one attached hydrogen (secondary N) is 1. The van der Waals surface area contributed by atoms with E-state index in [2.05, 4.69) is 5.32 Å². The predicted octanol–water partition coefficient (Wildman–Crippen LogP) is 0.391. The minimum absolute atomic E-state index is 0.116. The second-order valence-electron chi connectivity index (χ2n) is 3.12. The molecule has 82 valence electrons. The fourth-order valence-electron chi connectivity index (χ4n) is 0.881. The molecule has 2 atom stereocenters. The molecule has 0 bridgehead atoms. The van der Waals surface area contributed by atoms with Crippen LogP contribution in [0.25, 0.3) is 0 Å². The summed E-state index contributed by atoms with van der Waals surface area (Å²) < 4.78 is 5.04. The summed E-state index contributed by atoms with van der Waals surface area (Å²) in [7, 11) is 0. The monoisotopic (exact) mass is 203 g/mol. The van der Waals surface area contributed by atoms with Crippen molar-refractivity contribution in [3.8, 4) is 0 Å². The van der Waals surface area contributed by atoms with E-state index in [1.807, 2.05) is 6.92 Å². The van der Waals surface area contributed by atoms with Crippen LogP contribution in [0.3, 0.4) is 0 Å². The number of carbonyl (C=O) groups excluding carboxylic acids is 1. The third-order valence-electron chi connectivity index (χ3n) is 1.80. The lowest BCUT2D eigenvalue weighted by Gasteiger charge is -2.17. The molecule has 5 heteroatoms. The Morgan fingerprint density at radius 2 is 2.07 bits per heavy atom. The van der Waals surface area contributed by atoms with Gasteiger partial charge in [-0.25, -0.2) is 4.79 Å². The van der Waals surface area contributed by atoms with Gasteiger partial charge in [-0.2, -0.15) is 0 Å². The first-order valence-electron chi connectivity index (χ1n) is 4.58. The molecule has 0 aromatic heterocycles. The maximum atomic E-state index is 10.7. The van der Waals surface area contributed by atoms with Gasteiger partial charge >= 0.3 is 5.97 Å². The van der Waals surface area contributed by atoms with E-state index in [4.69, 9.17) is 9.84 Å². The number of hydrogen-bond acceptors (Lipinski definition) is 3. The van der Waals surface area contributed by atoms with Crippen LogP contribution >= 0.6 is 0 Å².